The van der Waals surface area contributed by atoms with Crippen molar-refractivity contribution in [3.05, 3.63) is 23.9 Å². The monoisotopic (exact) mass is 232 g/mol. The molecule has 1 rings (SSSR count). The molecular weight excluding hydrogens is 224 g/mol. The van der Waals surface area contributed by atoms with Crippen molar-refractivity contribution in [1.29, 1.82) is 0 Å². The lowest BCUT2D eigenvalue weighted by Crippen LogP contribution is -2.47. The molecule has 12 heavy (non-hydrogen) atoms. The third kappa shape index (κ3) is 1.51. The Balaban J connectivity index is 3.03. The molecule has 66 valence electrons. The van der Waals surface area contributed by atoms with Crippen LogP contribution in [0.4, 0.5) is 0 Å². The summed E-state index contributed by atoms with van der Waals surface area (Å²) in [7, 11) is 0. The van der Waals surface area contributed by atoms with Crippen molar-refractivity contribution >= 4 is 21.9 Å². The fraction of sp³-hybridized carbons (Fsp3) is 0.286. The molecule has 5 N–H and O–H groups in total. The van der Waals surface area contributed by atoms with Crippen LogP contribution in [-0.4, -0.2) is 15.5 Å². The molecule has 0 aromatic heterocycles. The Labute approximate surface area is 78.0 Å². The van der Waals surface area contributed by atoms with Gasteiger partial charge in [0.25, 0.3) is 0 Å². The molecule has 5 heteroatoms. The van der Waals surface area contributed by atoms with Crippen LogP contribution in [0.15, 0.2) is 23.9 Å². The van der Waals surface area contributed by atoms with Gasteiger partial charge in [0, 0.05) is 5.70 Å². The van der Waals surface area contributed by atoms with Gasteiger partial charge in [-0.1, -0.05) is 28.1 Å². The number of alkyl halides is 1. The summed E-state index contributed by atoms with van der Waals surface area (Å²) in [6.07, 6.45) is 4.72. The van der Waals surface area contributed by atoms with Gasteiger partial charge in [-0.2, -0.15) is 0 Å². The number of aliphatic carboxylic acids is 1. The zero-order chi connectivity index (χ0) is 9.35. The van der Waals surface area contributed by atoms with E-state index in [2.05, 4.69) is 15.9 Å². The van der Waals surface area contributed by atoms with Crippen LogP contribution >= 0.6 is 15.9 Å². The molecule has 0 fully saturated rings. The van der Waals surface area contributed by atoms with Crippen LogP contribution in [0.3, 0.4) is 0 Å². The quantitative estimate of drug-likeness (QED) is 0.444. The highest BCUT2D eigenvalue weighted by molar-refractivity contribution is 9.10. The molecule has 0 saturated heterocycles. The minimum absolute atomic E-state index is 0.254. The minimum atomic E-state index is -1.07. The fourth-order valence-electron chi connectivity index (χ4n) is 1.09. The van der Waals surface area contributed by atoms with E-state index < -0.39 is 16.3 Å². The Kier molecular flexibility index (Phi) is 2.25. The summed E-state index contributed by atoms with van der Waals surface area (Å²) in [5, 5.41) is 8.78. The van der Waals surface area contributed by atoms with E-state index in [1.54, 1.807) is 12.2 Å². The van der Waals surface area contributed by atoms with Gasteiger partial charge < -0.3 is 16.6 Å². The van der Waals surface area contributed by atoms with Gasteiger partial charge in [0.05, 0.1) is 0 Å². The summed E-state index contributed by atoms with van der Waals surface area (Å²) < 4.78 is -1.07. The van der Waals surface area contributed by atoms with Crippen molar-refractivity contribution in [2.75, 3.05) is 0 Å². The lowest BCUT2D eigenvalue weighted by molar-refractivity contribution is -0.141. The van der Waals surface area contributed by atoms with Crippen molar-refractivity contribution in [2.45, 2.75) is 4.45 Å². The molecule has 0 aromatic rings. The maximum absolute atomic E-state index is 10.7. The van der Waals surface area contributed by atoms with Crippen LogP contribution in [0.25, 0.3) is 0 Å². The first kappa shape index (κ1) is 9.28. The van der Waals surface area contributed by atoms with E-state index in [0.29, 0.717) is 0 Å². The summed E-state index contributed by atoms with van der Waals surface area (Å²) in [5.74, 6) is -1.94. The smallest absolute Gasteiger partial charge is 0.315 e. The van der Waals surface area contributed by atoms with Crippen LogP contribution in [-0.2, 0) is 4.79 Å². The molecule has 0 spiro atoms. The summed E-state index contributed by atoms with van der Waals surface area (Å²) in [6, 6.07) is 0. The Morgan fingerprint density at radius 2 is 2.33 bits per heavy atom. The van der Waals surface area contributed by atoms with Crippen LogP contribution in [0, 0.1) is 5.92 Å². The van der Waals surface area contributed by atoms with Crippen LogP contribution in [0.5, 0.6) is 0 Å². The molecule has 0 amide bonds. The molecule has 2 atom stereocenters. The average molecular weight is 233 g/mol. The number of nitrogens with two attached hydrogens (primary N) is 2. The van der Waals surface area contributed by atoms with Crippen molar-refractivity contribution in [3.8, 4) is 0 Å². The van der Waals surface area contributed by atoms with E-state index in [9.17, 15) is 4.79 Å². The number of carboxylic acid groups (broad SMARTS) is 1. The topological polar surface area (TPSA) is 89.3 Å². The first-order valence-corrected chi connectivity index (χ1v) is 4.10. The van der Waals surface area contributed by atoms with Crippen molar-refractivity contribution in [2.24, 2.45) is 17.4 Å². The Morgan fingerprint density at radius 1 is 1.75 bits per heavy atom. The van der Waals surface area contributed by atoms with Gasteiger partial charge in [-0.3, -0.25) is 4.79 Å². The van der Waals surface area contributed by atoms with Gasteiger partial charge in [-0.25, -0.2) is 0 Å². The fourth-order valence-corrected chi connectivity index (χ4v) is 1.70. The number of halogens is 1. The molecule has 0 aliphatic heterocycles. The second-order valence-electron chi connectivity index (χ2n) is 2.62. The van der Waals surface area contributed by atoms with E-state index >= 15 is 0 Å². The second-order valence-corrected chi connectivity index (χ2v) is 4.00. The predicted octanol–water partition coefficient (Wildman–Crippen LogP) is 0.150. The molecule has 4 nitrogen and oxygen atoms in total. The highest BCUT2D eigenvalue weighted by Crippen LogP contribution is 2.30. The van der Waals surface area contributed by atoms with Crippen LogP contribution < -0.4 is 11.5 Å². The zero-order valence-electron chi connectivity index (χ0n) is 6.20. The molecule has 1 aliphatic carbocycles. The maximum Gasteiger partial charge on any atom is 0.315 e. The first-order chi connectivity index (χ1) is 5.45. The standard InChI is InChI=1S/C7H9BrN2O2/c8-7(10)3-1-2-4(9)5(7)6(11)12/h1-3,5H,9-10H2,(H,11,12). The highest BCUT2D eigenvalue weighted by atomic mass is 79.9. The number of hydrogen-bond donors (Lipinski definition) is 3. The van der Waals surface area contributed by atoms with Gasteiger partial charge in [0.15, 0.2) is 0 Å². The molecule has 2 unspecified atom stereocenters. The number of allylic oxidation sites excluding steroid dienone is 2. The van der Waals surface area contributed by atoms with Crippen LogP contribution in [0.2, 0.25) is 0 Å². The summed E-state index contributed by atoms with van der Waals surface area (Å²) in [4.78, 5) is 10.7. The van der Waals surface area contributed by atoms with Crippen molar-refractivity contribution in [3.63, 3.8) is 0 Å². The van der Waals surface area contributed by atoms with Gasteiger partial charge >= 0.3 is 5.97 Å². The SMILES string of the molecule is NC1=CC=CC(N)(Br)C1C(=O)O. The van der Waals surface area contributed by atoms with Crippen molar-refractivity contribution < 1.29 is 9.90 Å². The number of rotatable bonds is 1. The number of carbonyl (C=O) groups is 1. The second kappa shape index (κ2) is 2.91. The molecule has 0 bridgehead atoms. The third-order valence-corrected chi connectivity index (χ3v) is 2.39. The highest BCUT2D eigenvalue weighted by Gasteiger charge is 2.39. The van der Waals surface area contributed by atoms with Gasteiger partial charge in [-0.15, -0.1) is 0 Å². The molecule has 1 aliphatic rings. The normalized spacial score (nSPS) is 34.5. The summed E-state index contributed by atoms with van der Waals surface area (Å²) in [5.41, 5.74) is 11.4. The van der Waals surface area contributed by atoms with Gasteiger partial charge in [-0.05, 0) is 6.08 Å². The van der Waals surface area contributed by atoms with E-state index in [-0.39, 0.29) is 5.70 Å². The Morgan fingerprint density at radius 3 is 2.67 bits per heavy atom. The first-order valence-electron chi connectivity index (χ1n) is 3.30. The zero-order valence-corrected chi connectivity index (χ0v) is 7.78. The van der Waals surface area contributed by atoms with Crippen molar-refractivity contribution in [1.82, 2.24) is 0 Å². The van der Waals surface area contributed by atoms with Gasteiger partial charge in [0.2, 0.25) is 0 Å². The van der Waals surface area contributed by atoms with E-state index in [0.717, 1.165) is 0 Å². The molecule has 0 radical (unpaired) electrons. The summed E-state index contributed by atoms with van der Waals surface area (Å²) in [6.45, 7) is 0. The van der Waals surface area contributed by atoms with E-state index in [1.165, 1.54) is 6.08 Å². The molecule has 0 saturated carbocycles. The van der Waals surface area contributed by atoms with Gasteiger partial charge in [0.1, 0.15) is 10.4 Å². The number of carboxylic acids is 1. The maximum atomic E-state index is 10.7. The lowest BCUT2D eigenvalue weighted by atomic mass is 9.93. The largest absolute Gasteiger partial charge is 0.481 e. The predicted molar refractivity (Wildman–Crippen MR) is 48.4 cm³/mol. The Hall–Kier alpha value is -0.810. The summed E-state index contributed by atoms with van der Waals surface area (Å²) >= 11 is 3.09. The Bertz CT molecular complexity index is 271. The average Bonchev–Trinajstić information content (AvgIpc) is 1.82. The molecule has 0 heterocycles. The third-order valence-electron chi connectivity index (χ3n) is 1.66. The molecular formula is C7H9BrN2O2. The minimum Gasteiger partial charge on any atom is -0.481 e. The lowest BCUT2D eigenvalue weighted by Gasteiger charge is -2.28. The van der Waals surface area contributed by atoms with Crippen LogP contribution in [0.1, 0.15) is 0 Å². The molecule has 0 aromatic carbocycles. The number of hydrogen-bond acceptors (Lipinski definition) is 3. The van der Waals surface area contributed by atoms with E-state index in [1.807, 2.05) is 0 Å². The van der Waals surface area contributed by atoms with E-state index in [4.69, 9.17) is 16.6 Å².